The normalized spacial score (nSPS) is 13.9. The molecule has 0 unspecified atom stereocenters. The molecule has 2 aromatic carbocycles. The first-order valence-corrected chi connectivity index (χ1v) is 12.9. The Morgan fingerprint density at radius 3 is 2.45 bits per heavy atom. The van der Waals surface area contributed by atoms with Crippen molar-refractivity contribution in [2.75, 3.05) is 20.6 Å². The number of imide groups is 1. The van der Waals surface area contributed by atoms with Crippen LogP contribution in [-0.4, -0.2) is 52.9 Å². The van der Waals surface area contributed by atoms with Crippen LogP contribution in [0.3, 0.4) is 0 Å². The standard InChI is InChI=1S/C32H30N4O4/c1-5-11-20(6-2)40-32(39)23-14-9-13-22-24(18-33-29(22)23)27-28(31(38)34-30(27)37)25-19-36(17-10-16-35(3)4)26-15-8-7-12-21(25)26/h5-9,11-15,18-19,33H,1-2,10,16-17H2,3-4H3,(H,34,37,38). The molecule has 0 saturated heterocycles. The number of H-pyrrole nitrogens is 1. The lowest BCUT2D eigenvalue weighted by Crippen LogP contribution is -2.22. The van der Waals surface area contributed by atoms with Crippen LogP contribution in [0, 0.1) is 0 Å². The highest BCUT2D eigenvalue weighted by atomic mass is 16.5. The minimum Gasteiger partial charge on any atom is -0.423 e. The van der Waals surface area contributed by atoms with E-state index in [1.165, 1.54) is 18.2 Å². The fourth-order valence-electron chi connectivity index (χ4n) is 5.11. The predicted molar refractivity (Wildman–Crippen MR) is 157 cm³/mol. The first-order chi connectivity index (χ1) is 19.3. The molecule has 0 saturated carbocycles. The van der Waals surface area contributed by atoms with Gasteiger partial charge in [-0.3, -0.25) is 14.9 Å². The zero-order chi connectivity index (χ0) is 28.4. The van der Waals surface area contributed by atoms with Crippen molar-refractivity contribution in [3.8, 4) is 0 Å². The van der Waals surface area contributed by atoms with Crippen molar-refractivity contribution in [3.05, 3.63) is 109 Å². The number of nitrogens with one attached hydrogen (secondary N) is 2. The highest BCUT2D eigenvalue weighted by Crippen LogP contribution is 2.39. The van der Waals surface area contributed by atoms with E-state index in [9.17, 15) is 14.4 Å². The average molecular weight is 535 g/mol. The van der Waals surface area contributed by atoms with Gasteiger partial charge in [-0.15, -0.1) is 0 Å². The Kier molecular flexibility index (Phi) is 7.35. The number of aryl methyl sites for hydroxylation is 1. The summed E-state index contributed by atoms with van der Waals surface area (Å²) in [7, 11) is 4.07. The zero-order valence-corrected chi connectivity index (χ0v) is 22.5. The number of aromatic amines is 1. The molecule has 0 radical (unpaired) electrons. The average Bonchev–Trinajstić information content (AvgIpc) is 3.60. The van der Waals surface area contributed by atoms with Gasteiger partial charge in [0.1, 0.15) is 5.76 Å². The van der Waals surface area contributed by atoms with Crippen molar-refractivity contribution < 1.29 is 19.1 Å². The molecule has 0 fully saturated rings. The number of amides is 2. The van der Waals surface area contributed by atoms with E-state index in [4.69, 9.17) is 4.74 Å². The molecule has 5 rings (SSSR count). The summed E-state index contributed by atoms with van der Waals surface area (Å²) in [4.78, 5) is 44.8. The van der Waals surface area contributed by atoms with Gasteiger partial charge in [0.2, 0.25) is 0 Å². The van der Waals surface area contributed by atoms with Gasteiger partial charge in [0.15, 0.2) is 0 Å². The second-order valence-corrected chi connectivity index (χ2v) is 9.77. The van der Waals surface area contributed by atoms with Crippen molar-refractivity contribution in [1.29, 1.82) is 0 Å². The summed E-state index contributed by atoms with van der Waals surface area (Å²) in [5, 5.41) is 3.99. The summed E-state index contributed by atoms with van der Waals surface area (Å²) in [6.45, 7) is 8.96. The Balaban J connectivity index is 1.64. The Bertz CT molecular complexity index is 1750. The molecule has 0 spiro atoms. The maximum atomic E-state index is 13.3. The van der Waals surface area contributed by atoms with Gasteiger partial charge < -0.3 is 19.2 Å². The number of allylic oxidation sites excluding steroid dienone is 3. The van der Waals surface area contributed by atoms with Crippen LogP contribution in [0.4, 0.5) is 0 Å². The van der Waals surface area contributed by atoms with Crippen molar-refractivity contribution in [3.63, 3.8) is 0 Å². The van der Waals surface area contributed by atoms with Crippen molar-refractivity contribution in [2.24, 2.45) is 0 Å². The molecule has 8 nitrogen and oxygen atoms in total. The number of benzene rings is 2. The summed E-state index contributed by atoms with van der Waals surface area (Å²) in [6, 6.07) is 13.0. The third-order valence-electron chi connectivity index (χ3n) is 6.89. The van der Waals surface area contributed by atoms with Gasteiger partial charge in [-0.1, -0.05) is 49.6 Å². The van der Waals surface area contributed by atoms with Gasteiger partial charge in [0.05, 0.1) is 22.2 Å². The lowest BCUT2D eigenvalue weighted by Gasteiger charge is -2.10. The first-order valence-electron chi connectivity index (χ1n) is 12.9. The third-order valence-corrected chi connectivity index (χ3v) is 6.89. The molecule has 0 atom stereocenters. The van der Waals surface area contributed by atoms with Crippen LogP contribution < -0.4 is 5.32 Å². The number of carbonyl (C=O) groups excluding carboxylic acids is 3. The van der Waals surface area contributed by atoms with Crippen LogP contribution in [-0.2, 0) is 20.9 Å². The molecule has 202 valence electrons. The van der Waals surface area contributed by atoms with E-state index in [0.717, 1.165) is 30.4 Å². The Morgan fingerprint density at radius 1 is 1.00 bits per heavy atom. The summed E-state index contributed by atoms with van der Waals surface area (Å²) in [5.41, 5.74) is 3.55. The summed E-state index contributed by atoms with van der Waals surface area (Å²) in [5.74, 6) is -1.27. The van der Waals surface area contributed by atoms with Crippen LogP contribution in [0.15, 0.2) is 92.0 Å². The number of hydrogen-bond donors (Lipinski definition) is 2. The van der Waals surface area contributed by atoms with E-state index < -0.39 is 17.8 Å². The Hall–Kier alpha value is -4.95. The SMILES string of the molecule is C=CC=C(C=C)OC(=O)c1cccc2c(C3=C(c4cn(CCCN(C)C)c5ccccc45)C(=O)NC3=O)c[nH]c12. The fraction of sp³-hybridized carbons (Fsp3) is 0.156. The van der Waals surface area contributed by atoms with Gasteiger partial charge in [0, 0.05) is 46.4 Å². The maximum Gasteiger partial charge on any atom is 0.345 e. The summed E-state index contributed by atoms with van der Waals surface area (Å²) in [6.07, 6.45) is 8.99. The van der Waals surface area contributed by atoms with Gasteiger partial charge >= 0.3 is 5.97 Å². The number of carbonyl (C=O) groups is 3. The number of aromatic nitrogens is 2. The first kappa shape index (κ1) is 26.6. The molecule has 2 amide bonds. The van der Waals surface area contributed by atoms with Gasteiger partial charge in [-0.25, -0.2) is 4.79 Å². The number of rotatable bonds is 10. The van der Waals surface area contributed by atoms with Gasteiger partial charge in [0.25, 0.3) is 11.8 Å². The quantitative estimate of drug-likeness (QED) is 0.128. The minimum atomic E-state index is -0.589. The van der Waals surface area contributed by atoms with Crippen LogP contribution >= 0.6 is 0 Å². The van der Waals surface area contributed by atoms with E-state index in [2.05, 4.69) is 32.9 Å². The second-order valence-electron chi connectivity index (χ2n) is 9.77. The number of hydrogen-bond acceptors (Lipinski definition) is 5. The van der Waals surface area contributed by atoms with Crippen molar-refractivity contribution in [1.82, 2.24) is 19.8 Å². The highest BCUT2D eigenvalue weighted by molar-refractivity contribution is 6.50. The Labute approximate surface area is 231 Å². The number of para-hydroxylation sites is 2. The van der Waals surface area contributed by atoms with E-state index in [1.54, 1.807) is 24.4 Å². The molecule has 2 N–H and O–H groups in total. The van der Waals surface area contributed by atoms with Crippen LogP contribution in [0.2, 0.25) is 0 Å². The van der Waals surface area contributed by atoms with Crippen LogP contribution in [0.1, 0.15) is 27.9 Å². The van der Waals surface area contributed by atoms with Crippen molar-refractivity contribution >= 4 is 50.7 Å². The molecule has 0 bridgehead atoms. The molecule has 4 aromatic rings. The highest BCUT2D eigenvalue weighted by Gasteiger charge is 2.35. The van der Waals surface area contributed by atoms with Crippen LogP contribution in [0.5, 0.6) is 0 Å². The maximum absolute atomic E-state index is 13.3. The Morgan fingerprint density at radius 2 is 1.73 bits per heavy atom. The van der Waals surface area contributed by atoms with E-state index in [0.29, 0.717) is 27.6 Å². The van der Waals surface area contributed by atoms with E-state index in [-0.39, 0.29) is 16.9 Å². The molecular formula is C32H30N4O4. The minimum absolute atomic E-state index is 0.260. The second kappa shape index (κ2) is 11.0. The molecule has 1 aliphatic rings. The summed E-state index contributed by atoms with van der Waals surface area (Å²) < 4.78 is 7.59. The molecular weight excluding hydrogens is 504 g/mol. The molecule has 40 heavy (non-hydrogen) atoms. The number of esters is 1. The van der Waals surface area contributed by atoms with Gasteiger partial charge in [-0.05, 0) is 51.3 Å². The monoisotopic (exact) mass is 534 g/mol. The summed E-state index contributed by atoms with van der Waals surface area (Å²) >= 11 is 0. The smallest absolute Gasteiger partial charge is 0.345 e. The molecule has 3 heterocycles. The third kappa shape index (κ3) is 4.81. The predicted octanol–water partition coefficient (Wildman–Crippen LogP) is 5.05. The largest absolute Gasteiger partial charge is 0.423 e. The number of nitrogens with zero attached hydrogens (tertiary/aromatic N) is 2. The number of fused-ring (bicyclic) bond motifs is 2. The van der Waals surface area contributed by atoms with E-state index in [1.807, 2.05) is 44.6 Å². The molecule has 2 aromatic heterocycles. The molecule has 0 aliphatic carbocycles. The lowest BCUT2D eigenvalue weighted by atomic mass is 9.95. The van der Waals surface area contributed by atoms with E-state index >= 15 is 0 Å². The molecule has 1 aliphatic heterocycles. The lowest BCUT2D eigenvalue weighted by molar-refractivity contribution is -0.122. The topological polar surface area (TPSA) is 96.4 Å². The van der Waals surface area contributed by atoms with Crippen molar-refractivity contribution in [2.45, 2.75) is 13.0 Å². The number of ether oxygens (including phenoxy) is 1. The van der Waals surface area contributed by atoms with Crippen LogP contribution in [0.25, 0.3) is 33.0 Å². The molecule has 8 heteroatoms. The fourth-order valence-corrected chi connectivity index (χ4v) is 5.11. The zero-order valence-electron chi connectivity index (χ0n) is 22.5. The van der Waals surface area contributed by atoms with Gasteiger partial charge in [-0.2, -0.15) is 0 Å².